The minimum atomic E-state index is -0.440. The Morgan fingerprint density at radius 2 is 2.07 bits per heavy atom. The number of nitrogens with zero attached hydrogens (tertiary/aromatic N) is 5. The fraction of sp³-hybridized carbons (Fsp3) is 0.556. The van der Waals surface area contributed by atoms with E-state index < -0.39 is 6.10 Å². The van der Waals surface area contributed by atoms with E-state index in [1.165, 1.54) is 11.8 Å². The Bertz CT molecular complexity index is 785. The number of aliphatic hydroxyl groups excluding tert-OH is 1. The summed E-state index contributed by atoms with van der Waals surface area (Å²) >= 11 is 1.47. The SMILES string of the molecule is Cn1ccnc1SCC(=O)N1C[C@H]2C[C@@H](Nc3cnccn3)[C@H](O)C[C@H]2C1. The summed E-state index contributed by atoms with van der Waals surface area (Å²) in [5.41, 5.74) is 0. The summed E-state index contributed by atoms with van der Waals surface area (Å²) in [5.74, 6) is 1.99. The van der Waals surface area contributed by atoms with Gasteiger partial charge in [0.1, 0.15) is 5.82 Å². The summed E-state index contributed by atoms with van der Waals surface area (Å²) in [7, 11) is 1.93. The van der Waals surface area contributed by atoms with Gasteiger partial charge in [0.2, 0.25) is 5.91 Å². The van der Waals surface area contributed by atoms with Gasteiger partial charge in [0.25, 0.3) is 0 Å². The van der Waals surface area contributed by atoms with E-state index in [1.54, 1.807) is 24.8 Å². The van der Waals surface area contributed by atoms with Crippen LogP contribution in [0.5, 0.6) is 0 Å². The van der Waals surface area contributed by atoms with Gasteiger partial charge >= 0.3 is 0 Å². The van der Waals surface area contributed by atoms with Crippen LogP contribution in [0.25, 0.3) is 0 Å². The van der Waals surface area contributed by atoms with Crippen molar-refractivity contribution < 1.29 is 9.90 Å². The second kappa shape index (κ2) is 7.85. The van der Waals surface area contributed by atoms with Crippen LogP contribution < -0.4 is 5.32 Å². The lowest BCUT2D eigenvalue weighted by molar-refractivity contribution is -0.127. The smallest absolute Gasteiger partial charge is 0.233 e. The van der Waals surface area contributed by atoms with Gasteiger partial charge in [0.15, 0.2) is 5.16 Å². The first-order valence-electron chi connectivity index (χ1n) is 9.18. The van der Waals surface area contributed by atoms with E-state index in [9.17, 15) is 9.90 Å². The van der Waals surface area contributed by atoms with Crippen molar-refractivity contribution in [3.8, 4) is 0 Å². The number of hydrogen-bond donors (Lipinski definition) is 2. The van der Waals surface area contributed by atoms with Gasteiger partial charge in [-0.05, 0) is 24.7 Å². The first-order chi connectivity index (χ1) is 13.1. The van der Waals surface area contributed by atoms with Crippen LogP contribution in [0.4, 0.5) is 5.82 Å². The average molecular weight is 388 g/mol. The Balaban J connectivity index is 1.32. The van der Waals surface area contributed by atoms with E-state index in [1.807, 2.05) is 22.7 Å². The van der Waals surface area contributed by atoms with Gasteiger partial charge in [-0.15, -0.1) is 0 Å². The zero-order chi connectivity index (χ0) is 18.8. The summed E-state index contributed by atoms with van der Waals surface area (Å²) in [4.78, 5) is 27.1. The van der Waals surface area contributed by atoms with Crippen LogP contribution in [0, 0.1) is 11.8 Å². The lowest BCUT2D eigenvalue weighted by atomic mass is 9.77. The fourth-order valence-corrected chi connectivity index (χ4v) is 4.90. The number of aryl methyl sites for hydroxylation is 1. The molecule has 1 saturated heterocycles. The zero-order valence-electron chi connectivity index (χ0n) is 15.2. The molecule has 27 heavy (non-hydrogen) atoms. The lowest BCUT2D eigenvalue weighted by Crippen LogP contribution is -2.43. The molecule has 8 nitrogen and oxygen atoms in total. The molecule has 9 heteroatoms. The van der Waals surface area contributed by atoms with Crippen molar-refractivity contribution >= 4 is 23.5 Å². The first-order valence-corrected chi connectivity index (χ1v) is 10.2. The molecular weight excluding hydrogens is 364 g/mol. The van der Waals surface area contributed by atoms with Crippen LogP contribution in [0.15, 0.2) is 36.1 Å². The Kier molecular flexibility index (Phi) is 5.31. The minimum Gasteiger partial charge on any atom is -0.391 e. The molecule has 1 aliphatic heterocycles. The average Bonchev–Trinajstić information content (AvgIpc) is 3.26. The molecule has 2 aliphatic rings. The third-order valence-electron chi connectivity index (χ3n) is 5.49. The molecule has 2 aromatic rings. The van der Waals surface area contributed by atoms with Gasteiger partial charge in [-0.1, -0.05) is 11.8 Å². The van der Waals surface area contributed by atoms with Crippen LogP contribution in [0.3, 0.4) is 0 Å². The highest BCUT2D eigenvalue weighted by molar-refractivity contribution is 7.99. The van der Waals surface area contributed by atoms with Crippen molar-refractivity contribution in [3.05, 3.63) is 31.0 Å². The summed E-state index contributed by atoms with van der Waals surface area (Å²) in [6, 6.07) is -0.0556. The number of thioether (sulfide) groups is 1. The maximum atomic E-state index is 12.6. The molecule has 0 aromatic carbocycles. The van der Waals surface area contributed by atoms with Gasteiger partial charge in [0, 0.05) is 44.9 Å². The first kappa shape index (κ1) is 18.2. The molecule has 144 valence electrons. The minimum absolute atomic E-state index is 0.0556. The van der Waals surface area contributed by atoms with E-state index in [0.717, 1.165) is 24.7 Å². The number of nitrogens with one attached hydrogen (secondary N) is 1. The van der Waals surface area contributed by atoms with Gasteiger partial charge in [-0.2, -0.15) is 0 Å². The number of carbonyl (C=O) groups excluding carboxylic acids is 1. The number of rotatable bonds is 5. The molecule has 1 aliphatic carbocycles. The standard InChI is InChI=1S/C18H24N6O2S/c1-23-5-4-21-18(23)27-11-17(26)24-9-12-6-14(15(25)7-13(12)10-24)22-16-8-19-2-3-20-16/h2-5,8,12-15,25H,6-7,9-11H2,1H3,(H,20,22)/t12-,13+,14-,15-/m1/s1. The lowest BCUT2D eigenvalue weighted by Gasteiger charge is -2.35. The highest BCUT2D eigenvalue weighted by atomic mass is 32.2. The zero-order valence-corrected chi connectivity index (χ0v) is 16.0. The quantitative estimate of drug-likeness (QED) is 0.738. The van der Waals surface area contributed by atoms with Crippen LogP contribution in [0.2, 0.25) is 0 Å². The third-order valence-corrected chi connectivity index (χ3v) is 6.54. The molecule has 0 radical (unpaired) electrons. The van der Waals surface area contributed by atoms with Crippen molar-refractivity contribution in [1.29, 1.82) is 0 Å². The number of anilines is 1. The number of aliphatic hydroxyl groups is 1. The highest BCUT2D eigenvalue weighted by Gasteiger charge is 2.43. The predicted molar refractivity (Wildman–Crippen MR) is 102 cm³/mol. The second-order valence-corrected chi connectivity index (χ2v) is 8.25. The van der Waals surface area contributed by atoms with Crippen LogP contribution >= 0.6 is 11.8 Å². The maximum absolute atomic E-state index is 12.6. The molecule has 2 aromatic heterocycles. The molecule has 0 unspecified atom stereocenters. The number of likely N-dealkylation sites (tertiary alicyclic amines) is 1. The molecule has 0 spiro atoms. The molecule has 1 saturated carbocycles. The maximum Gasteiger partial charge on any atom is 0.233 e. The normalized spacial score (nSPS) is 27.4. The number of carbonyl (C=O) groups is 1. The summed E-state index contributed by atoms with van der Waals surface area (Å²) < 4.78 is 1.92. The summed E-state index contributed by atoms with van der Waals surface area (Å²) in [6.45, 7) is 1.50. The Hall–Kier alpha value is -2.13. The topological polar surface area (TPSA) is 96.2 Å². The third kappa shape index (κ3) is 4.08. The molecule has 2 fully saturated rings. The Morgan fingerprint density at radius 3 is 2.78 bits per heavy atom. The number of hydrogen-bond acceptors (Lipinski definition) is 7. The van der Waals surface area contributed by atoms with E-state index in [0.29, 0.717) is 29.8 Å². The highest BCUT2D eigenvalue weighted by Crippen LogP contribution is 2.37. The number of imidazole rings is 1. The van der Waals surface area contributed by atoms with Crippen molar-refractivity contribution in [1.82, 2.24) is 24.4 Å². The molecule has 2 N–H and O–H groups in total. The molecule has 1 amide bonds. The van der Waals surface area contributed by atoms with Crippen molar-refractivity contribution in [2.24, 2.45) is 18.9 Å². The molecule has 4 atom stereocenters. The summed E-state index contributed by atoms with van der Waals surface area (Å²) in [5, 5.41) is 14.7. The Morgan fingerprint density at radius 1 is 1.26 bits per heavy atom. The predicted octanol–water partition coefficient (Wildman–Crippen LogP) is 1.01. The van der Waals surface area contributed by atoms with E-state index >= 15 is 0 Å². The van der Waals surface area contributed by atoms with Crippen LogP contribution in [-0.4, -0.2) is 66.4 Å². The number of aromatic nitrogens is 4. The van der Waals surface area contributed by atoms with Crippen molar-refractivity contribution in [3.63, 3.8) is 0 Å². The van der Waals surface area contributed by atoms with E-state index in [4.69, 9.17) is 0 Å². The monoisotopic (exact) mass is 388 g/mol. The summed E-state index contributed by atoms with van der Waals surface area (Å²) in [6.07, 6.45) is 9.64. The van der Waals surface area contributed by atoms with Crippen LogP contribution in [-0.2, 0) is 11.8 Å². The van der Waals surface area contributed by atoms with Crippen molar-refractivity contribution in [2.75, 3.05) is 24.2 Å². The Labute approximate surface area is 162 Å². The van der Waals surface area contributed by atoms with Gasteiger partial charge < -0.3 is 19.9 Å². The molecule has 4 rings (SSSR count). The largest absolute Gasteiger partial charge is 0.391 e. The van der Waals surface area contributed by atoms with E-state index in [2.05, 4.69) is 20.3 Å². The second-order valence-electron chi connectivity index (χ2n) is 7.31. The molecule has 3 heterocycles. The fourth-order valence-electron chi connectivity index (χ4n) is 4.06. The van der Waals surface area contributed by atoms with Crippen LogP contribution in [0.1, 0.15) is 12.8 Å². The number of fused-ring (bicyclic) bond motifs is 1. The van der Waals surface area contributed by atoms with Crippen molar-refractivity contribution in [2.45, 2.75) is 30.1 Å². The van der Waals surface area contributed by atoms with Gasteiger partial charge in [-0.3, -0.25) is 9.78 Å². The molecule has 0 bridgehead atoms. The van der Waals surface area contributed by atoms with Gasteiger partial charge in [0.05, 0.1) is 24.1 Å². The van der Waals surface area contributed by atoms with Gasteiger partial charge in [-0.25, -0.2) is 9.97 Å². The molecular formula is C18H24N6O2S. The van der Waals surface area contributed by atoms with E-state index in [-0.39, 0.29) is 11.9 Å². The number of amides is 1.